The number of hydrogen-bond acceptors (Lipinski definition) is 3. The zero-order valence-electron chi connectivity index (χ0n) is 11.5. The molecule has 1 atom stereocenters. The normalized spacial score (nSPS) is 17.1. The molecule has 0 aliphatic carbocycles. The van der Waals surface area contributed by atoms with E-state index in [0.717, 1.165) is 21.7 Å². The quantitative estimate of drug-likeness (QED) is 0.732. The van der Waals surface area contributed by atoms with E-state index in [1.807, 2.05) is 40.3 Å². The summed E-state index contributed by atoms with van der Waals surface area (Å²) in [6.45, 7) is 0. The third kappa shape index (κ3) is 2.28. The minimum absolute atomic E-state index is 0.0322. The number of benzene rings is 1. The summed E-state index contributed by atoms with van der Waals surface area (Å²) in [7, 11) is 0. The third-order valence-corrected chi connectivity index (χ3v) is 5.28. The zero-order valence-corrected chi connectivity index (χ0v) is 13.9. The van der Waals surface area contributed by atoms with Gasteiger partial charge in [0.05, 0.1) is 5.69 Å². The van der Waals surface area contributed by atoms with Crippen LogP contribution in [0.4, 0.5) is 5.82 Å². The number of anilines is 1. The summed E-state index contributed by atoms with van der Waals surface area (Å²) >= 11 is 5.10. The maximum atomic E-state index is 12.1. The molecule has 0 fully saturated rings. The summed E-state index contributed by atoms with van der Waals surface area (Å²) in [5, 5.41) is 5.00. The molecule has 4 nitrogen and oxygen atoms in total. The van der Waals surface area contributed by atoms with Gasteiger partial charge in [0.2, 0.25) is 5.91 Å². The summed E-state index contributed by atoms with van der Waals surface area (Å²) in [6, 6.07) is 12.0. The zero-order chi connectivity index (χ0) is 15.1. The fourth-order valence-electron chi connectivity index (χ4n) is 2.73. The molecular formula is C16H12BrN3OS. The first-order chi connectivity index (χ1) is 10.7. The van der Waals surface area contributed by atoms with Crippen LogP contribution in [0.15, 0.2) is 52.6 Å². The van der Waals surface area contributed by atoms with E-state index in [1.54, 1.807) is 17.7 Å². The molecule has 1 N–H and O–H groups in total. The predicted octanol–water partition coefficient (Wildman–Crippen LogP) is 4.17. The van der Waals surface area contributed by atoms with E-state index in [9.17, 15) is 4.79 Å². The van der Waals surface area contributed by atoms with Crippen LogP contribution in [0.25, 0.3) is 5.69 Å². The maximum absolute atomic E-state index is 12.1. The van der Waals surface area contributed by atoms with Gasteiger partial charge in [0.25, 0.3) is 0 Å². The molecule has 0 saturated carbocycles. The van der Waals surface area contributed by atoms with Gasteiger partial charge in [-0.15, -0.1) is 11.3 Å². The van der Waals surface area contributed by atoms with Gasteiger partial charge >= 0.3 is 0 Å². The van der Waals surface area contributed by atoms with E-state index in [1.165, 1.54) is 4.88 Å². The van der Waals surface area contributed by atoms with E-state index in [2.05, 4.69) is 32.3 Å². The molecular weight excluding hydrogens is 362 g/mol. The largest absolute Gasteiger partial charge is 0.310 e. The van der Waals surface area contributed by atoms with Gasteiger partial charge in [-0.3, -0.25) is 9.36 Å². The highest BCUT2D eigenvalue weighted by atomic mass is 79.9. The lowest BCUT2D eigenvalue weighted by Crippen LogP contribution is -2.24. The lowest BCUT2D eigenvalue weighted by molar-refractivity contribution is -0.116. The minimum atomic E-state index is 0.0322. The first-order valence-corrected chi connectivity index (χ1v) is 8.56. The van der Waals surface area contributed by atoms with Gasteiger partial charge in [0.1, 0.15) is 12.1 Å². The van der Waals surface area contributed by atoms with Crippen LogP contribution in [0, 0.1) is 0 Å². The minimum Gasteiger partial charge on any atom is -0.310 e. The second-order valence-corrected chi connectivity index (χ2v) is 7.04. The van der Waals surface area contributed by atoms with Crippen molar-refractivity contribution >= 4 is 39.0 Å². The number of fused-ring (bicyclic) bond motifs is 1. The SMILES string of the molecule is O=C1CC(c2cccs2)c2ncn(-c3ccc(Br)cc3)c2N1. The molecule has 6 heteroatoms. The molecule has 22 heavy (non-hydrogen) atoms. The Hall–Kier alpha value is -1.92. The van der Waals surface area contributed by atoms with Gasteiger partial charge in [-0.05, 0) is 35.7 Å². The molecule has 0 saturated heterocycles. The summed E-state index contributed by atoms with van der Waals surface area (Å²) in [6.07, 6.45) is 2.23. The van der Waals surface area contributed by atoms with E-state index in [-0.39, 0.29) is 11.8 Å². The van der Waals surface area contributed by atoms with Crippen LogP contribution in [-0.4, -0.2) is 15.5 Å². The summed E-state index contributed by atoms with van der Waals surface area (Å²) in [4.78, 5) is 17.9. The molecule has 0 radical (unpaired) electrons. The fraction of sp³-hybridized carbons (Fsp3) is 0.125. The topological polar surface area (TPSA) is 46.9 Å². The van der Waals surface area contributed by atoms with Crippen LogP contribution < -0.4 is 5.32 Å². The van der Waals surface area contributed by atoms with Crippen molar-refractivity contribution in [2.75, 3.05) is 5.32 Å². The number of imidazole rings is 1. The van der Waals surface area contributed by atoms with Crippen LogP contribution >= 0.6 is 27.3 Å². The van der Waals surface area contributed by atoms with Crippen LogP contribution in [0.2, 0.25) is 0 Å². The Morgan fingerprint density at radius 3 is 2.82 bits per heavy atom. The van der Waals surface area contributed by atoms with Gasteiger partial charge in [-0.2, -0.15) is 0 Å². The van der Waals surface area contributed by atoms with Crippen molar-refractivity contribution in [1.82, 2.24) is 9.55 Å². The lowest BCUT2D eigenvalue weighted by atomic mass is 9.96. The van der Waals surface area contributed by atoms with Gasteiger partial charge in [0, 0.05) is 27.4 Å². The van der Waals surface area contributed by atoms with E-state index in [0.29, 0.717) is 6.42 Å². The molecule has 0 bridgehead atoms. The predicted molar refractivity (Wildman–Crippen MR) is 90.7 cm³/mol. The first-order valence-electron chi connectivity index (χ1n) is 6.89. The monoisotopic (exact) mass is 373 g/mol. The molecule has 1 amide bonds. The van der Waals surface area contributed by atoms with Gasteiger partial charge in [0.15, 0.2) is 0 Å². The maximum Gasteiger partial charge on any atom is 0.226 e. The summed E-state index contributed by atoms with van der Waals surface area (Å²) < 4.78 is 2.95. The second-order valence-electron chi connectivity index (χ2n) is 5.15. The lowest BCUT2D eigenvalue weighted by Gasteiger charge is -2.22. The Bertz CT molecular complexity index is 824. The molecule has 0 spiro atoms. The highest BCUT2D eigenvalue weighted by Gasteiger charge is 2.31. The molecule has 3 aromatic rings. The smallest absolute Gasteiger partial charge is 0.226 e. The van der Waals surface area contributed by atoms with E-state index in [4.69, 9.17) is 0 Å². The van der Waals surface area contributed by atoms with Crippen molar-refractivity contribution in [1.29, 1.82) is 0 Å². The van der Waals surface area contributed by atoms with E-state index < -0.39 is 0 Å². The number of hydrogen-bond donors (Lipinski definition) is 1. The van der Waals surface area contributed by atoms with Gasteiger partial charge < -0.3 is 5.32 Å². The molecule has 1 aliphatic heterocycles. The van der Waals surface area contributed by atoms with Crippen molar-refractivity contribution in [3.8, 4) is 5.69 Å². The first kappa shape index (κ1) is 13.7. The fourth-order valence-corrected chi connectivity index (χ4v) is 3.82. The third-order valence-electron chi connectivity index (χ3n) is 3.76. The number of aromatic nitrogens is 2. The highest BCUT2D eigenvalue weighted by molar-refractivity contribution is 9.10. The highest BCUT2D eigenvalue weighted by Crippen LogP contribution is 2.38. The van der Waals surface area contributed by atoms with Crippen molar-refractivity contribution in [3.05, 3.63) is 63.1 Å². The van der Waals surface area contributed by atoms with Crippen LogP contribution in [0.5, 0.6) is 0 Å². The molecule has 2 aromatic heterocycles. The number of thiophene rings is 1. The average molecular weight is 374 g/mol. The van der Waals surface area contributed by atoms with Crippen LogP contribution in [-0.2, 0) is 4.79 Å². The van der Waals surface area contributed by atoms with Crippen molar-refractivity contribution in [2.24, 2.45) is 0 Å². The molecule has 3 heterocycles. The van der Waals surface area contributed by atoms with Crippen LogP contribution in [0.1, 0.15) is 22.9 Å². The van der Waals surface area contributed by atoms with Gasteiger partial charge in [-0.1, -0.05) is 22.0 Å². The number of amides is 1. The number of carbonyl (C=O) groups is 1. The Labute approximate surface area is 139 Å². The standard InChI is InChI=1S/C16H12BrN3OS/c17-10-3-5-11(6-4-10)20-9-18-15-12(13-2-1-7-22-13)8-14(21)19-16(15)20/h1-7,9,12H,8H2,(H,19,21). The molecule has 4 rings (SSSR count). The Kier molecular flexibility index (Phi) is 3.35. The van der Waals surface area contributed by atoms with Crippen molar-refractivity contribution < 1.29 is 4.79 Å². The summed E-state index contributed by atoms with van der Waals surface area (Å²) in [5.41, 5.74) is 1.91. The van der Waals surface area contributed by atoms with Crippen molar-refractivity contribution in [2.45, 2.75) is 12.3 Å². The molecule has 1 unspecified atom stereocenters. The van der Waals surface area contributed by atoms with E-state index >= 15 is 0 Å². The molecule has 1 aliphatic rings. The van der Waals surface area contributed by atoms with Crippen molar-refractivity contribution in [3.63, 3.8) is 0 Å². The number of nitrogens with one attached hydrogen (secondary N) is 1. The average Bonchev–Trinajstić information content (AvgIpc) is 3.16. The number of halogens is 1. The Morgan fingerprint density at radius 1 is 1.27 bits per heavy atom. The second kappa shape index (κ2) is 5.37. The number of rotatable bonds is 2. The molecule has 1 aromatic carbocycles. The molecule has 110 valence electrons. The Morgan fingerprint density at radius 2 is 2.09 bits per heavy atom. The summed E-state index contributed by atoms with van der Waals surface area (Å²) in [5.74, 6) is 0.849. The number of carbonyl (C=O) groups excluding carboxylic acids is 1. The Balaban J connectivity index is 1.82. The van der Waals surface area contributed by atoms with Gasteiger partial charge in [-0.25, -0.2) is 4.98 Å². The van der Waals surface area contributed by atoms with Crippen LogP contribution in [0.3, 0.4) is 0 Å². The number of nitrogens with zero attached hydrogens (tertiary/aromatic N) is 2.